The highest BCUT2D eigenvalue weighted by Crippen LogP contribution is 2.38. The summed E-state index contributed by atoms with van der Waals surface area (Å²) in [6.07, 6.45) is 1.31. The predicted molar refractivity (Wildman–Crippen MR) is 106 cm³/mol. The van der Waals surface area contributed by atoms with E-state index in [-0.39, 0.29) is 27.8 Å². The Kier molecular flexibility index (Phi) is 5.66. The number of amides is 1. The highest BCUT2D eigenvalue weighted by Gasteiger charge is 2.39. The van der Waals surface area contributed by atoms with Crippen LogP contribution in [0.25, 0.3) is 6.08 Å². The fourth-order valence-electron chi connectivity index (χ4n) is 3.34. The van der Waals surface area contributed by atoms with Crippen molar-refractivity contribution in [1.82, 2.24) is 4.90 Å². The number of allylic oxidation sites excluding steroid dienone is 1. The number of nitrogens with zero attached hydrogens (tertiary/aromatic N) is 1. The second kappa shape index (κ2) is 7.98. The zero-order chi connectivity index (χ0) is 20.4. The van der Waals surface area contributed by atoms with Crippen LogP contribution >= 0.6 is 11.6 Å². The zero-order valence-electron chi connectivity index (χ0n) is 15.7. The number of ether oxygens (including phenoxy) is 1. The van der Waals surface area contributed by atoms with Gasteiger partial charge < -0.3 is 9.64 Å². The van der Waals surface area contributed by atoms with E-state index in [0.29, 0.717) is 5.70 Å². The highest BCUT2D eigenvalue weighted by molar-refractivity contribution is 6.32. The van der Waals surface area contributed by atoms with Gasteiger partial charge in [-0.3, -0.25) is 4.79 Å². The van der Waals surface area contributed by atoms with Gasteiger partial charge in [0, 0.05) is 11.3 Å². The van der Waals surface area contributed by atoms with Gasteiger partial charge in [-0.25, -0.2) is 9.18 Å². The summed E-state index contributed by atoms with van der Waals surface area (Å²) < 4.78 is 19.1. The molecule has 0 saturated carbocycles. The van der Waals surface area contributed by atoms with Gasteiger partial charge in [-0.15, -0.1) is 0 Å². The Hall–Kier alpha value is -2.92. The maximum Gasteiger partial charge on any atom is 0.340 e. The first kappa shape index (κ1) is 19.8. The Morgan fingerprint density at radius 1 is 1.18 bits per heavy atom. The Labute approximate surface area is 167 Å². The Morgan fingerprint density at radius 3 is 2.46 bits per heavy atom. The molecule has 0 aliphatic carbocycles. The number of benzene rings is 2. The number of halogens is 2. The Bertz CT molecular complexity index is 978. The monoisotopic (exact) mass is 399 g/mol. The van der Waals surface area contributed by atoms with E-state index in [0.717, 1.165) is 5.56 Å². The lowest BCUT2D eigenvalue weighted by Crippen LogP contribution is -2.28. The Balaban J connectivity index is 2.15. The highest BCUT2D eigenvalue weighted by atomic mass is 35.5. The van der Waals surface area contributed by atoms with Gasteiger partial charge in [0.1, 0.15) is 5.82 Å². The number of methoxy groups -OCH3 is 1. The van der Waals surface area contributed by atoms with Crippen LogP contribution in [0.5, 0.6) is 0 Å². The van der Waals surface area contributed by atoms with Crippen LogP contribution in [-0.4, -0.2) is 23.9 Å². The van der Waals surface area contributed by atoms with E-state index in [2.05, 4.69) is 0 Å². The second-order valence-corrected chi connectivity index (χ2v) is 6.81. The van der Waals surface area contributed by atoms with E-state index in [4.69, 9.17) is 16.3 Å². The molecule has 4 nitrogen and oxygen atoms in total. The number of esters is 1. The largest absolute Gasteiger partial charge is 0.465 e. The average molecular weight is 400 g/mol. The standard InChI is InChI=1S/C22H19ClFNO3/c1-13(15-8-5-4-6-9-15)25-14(2)20(22(27)28-3)17(21(25)26)12-16-18(23)10-7-11-19(16)24/h4-13H,1-3H3/b17-12+/t13-/m0/s1. The SMILES string of the molecule is COC(=O)C1=C(C)N([C@@H](C)c2ccccc2)C(=O)/C1=C/c1c(F)cccc1Cl. The normalized spacial score (nSPS) is 16.7. The molecular formula is C22H19ClFNO3. The van der Waals surface area contributed by atoms with Gasteiger partial charge in [0.2, 0.25) is 0 Å². The lowest BCUT2D eigenvalue weighted by atomic mass is 10.0. The molecule has 2 aromatic carbocycles. The third kappa shape index (κ3) is 3.45. The van der Waals surface area contributed by atoms with E-state index in [1.54, 1.807) is 6.92 Å². The summed E-state index contributed by atoms with van der Waals surface area (Å²) in [7, 11) is 1.24. The maximum atomic E-state index is 14.3. The third-order valence-electron chi connectivity index (χ3n) is 4.79. The van der Waals surface area contributed by atoms with Crippen LogP contribution in [0.3, 0.4) is 0 Å². The maximum absolute atomic E-state index is 14.3. The topological polar surface area (TPSA) is 46.6 Å². The molecule has 28 heavy (non-hydrogen) atoms. The summed E-state index contributed by atoms with van der Waals surface area (Å²) in [5, 5.41) is 0.150. The second-order valence-electron chi connectivity index (χ2n) is 6.41. The summed E-state index contributed by atoms with van der Waals surface area (Å²) in [6, 6.07) is 13.4. The Morgan fingerprint density at radius 2 is 1.86 bits per heavy atom. The molecule has 3 rings (SSSR count). The fraction of sp³-hybridized carbons (Fsp3) is 0.182. The van der Waals surface area contributed by atoms with Crippen molar-refractivity contribution in [2.24, 2.45) is 0 Å². The minimum absolute atomic E-state index is 0.0518. The zero-order valence-corrected chi connectivity index (χ0v) is 16.5. The van der Waals surface area contributed by atoms with E-state index in [1.165, 1.54) is 36.3 Å². The molecule has 144 valence electrons. The molecular weight excluding hydrogens is 381 g/mol. The molecule has 0 aromatic heterocycles. The molecule has 0 radical (unpaired) electrons. The molecule has 0 saturated heterocycles. The minimum atomic E-state index is -0.660. The van der Waals surface area contributed by atoms with Gasteiger partial charge >= 0.3 is 5.97 Å². The molecule has 1 atom stereocenters. The molecule has 0 bridgehead atoms. The van der Waals surface area contributed by atoms with Crippen LogP contribution in [0, 0.1) is 5.82 Å². The van der Waals surface area contributed by atoms with Crippen LogP contribution in [0.4, 0.5) is 4.39 Å². The quantitative estimate of drug-likeness (QED) is 0.542. The van der Waals surface area contributed by atoms with Gasteiger partial charge in [0.25, 0.3) is 5.91 Å². The van der Waals surface area contributed by atoms with Crippen LogP contribution in [-0.2, 0) is 14.3 Å². The van der Waals surface area contributed by atoms with Crippen molar-refractivity contribution >= 4 is 29.6 Å². The van der Waals surface area contributed by atoms with Gasteiger partial charge in [-0.1, -0.05) is 48.0 Å². The fourth-order valence-corrected chi connectivity index (χ4v) is 3.56. The van der Waals surface area contributed by atoms with Gasteiger partial charge in [-0.2, -0.15) is 0 Å². The molecule has 1 aliphatic heterocycles. The average Bonchev–Trinajstić information content (AvgIpc) is 2.94. The number of carbonyl (C=O) groups is 2. The van der Waals surface area contributed by atoms with Crippen molar-refractivity contribution in [3.63, 3.8) is 0 Å². The first-order valence-electron chi connectivity index (χ1n) is 8.70. The summed E-state index contributed by atoms with van der Waals surface area (Å²) >= 11 is 6.11. The molecule has 0 N–H and O–H groups in total. The molecule has 2 aromatic rings. The van der Waals surface area contributed by atoms with Gasteiger partial charge in [0.15, 0.2) is 0 Å². The predicted octanol–water partition coefficient (Wildman–Crippen LogP) is 4.91. The van der Waals surface area contributed by atoms with Gasteiger partial charge in [0.05, 0.1) is 29.3 Å². The molecule has 1 aliphatic rings. The molecule has 0 spiro atoms. The van der Waals surface area contributed by atoms with Crippen LogP contribution in [0.15, 0.2) is 65.4 Å². The van der Waals surface area contributed by atoms with E-state index in [9.17, 15) is 14.0 Å². The van der Waals surface area contributed by atoms with Crippen molar-refractivity contribution in [2.75, 3.05) is 7.11 Å². The summed E-state index contributed by atoms with van der Waals surface area (Å²) in [5.74, 6) is -1.65. The van der Waals surface area contributed by atoms with Crippen LogP contribution < -0.4 is 0 Å². The summed E-state index contributed by atoms with van der Waals surface area (Å²) in [5.41, 5.74) is 1.57. The van der Waals surface area contributed by atoms with Crippen molar-refractivity contribution in [3.05, 3.63) is 87.3 Å². The third-order valence-corrected chi connectivity index (χ3v) is 5.12. The smallest absolute Gasteiger partial charge is 0.340 e. The van der Waals surface area contributed by atoms with Crippen LogP contribution in [0.2, 0.25) is 5.02 Å². The van der Waals surface area contributed by atoms with Crippen molar-refractivity contribution in [3.8, 4) is 0 Å². The summed E-state index contributed by atoms with van der Waals surface area (Å²) in [4.78, 5) is 27.2. The van der Waals surface area contributed by atoms with Crippen molar-refractivity contribution in [2.45, 2.75) is 19.9 Å². The first-order valence-corrected chi connectivity index (χ1v) is 9.08. The molecule has 0 unspecified atom stereocenters. The number of carbonyl (C=O) groups excluding carboxylic acids is 2. The van der Waals surface area contributed by atoms with E-state index < -0.39 is 17.7 Å². The molecule has 6 heteroatoms. The lowest BCUT2D eigenvalue weighted by molar-refractivity contribution is -0.136. The molecule has 1 heterocycles. The number of hydrogen-bond acceptors (Lipinski definition) is 3. The van der Waals surface area contributed by atoms with E-state index >= 15 is 0 Å². The first-order chi connectivity index (χ1) is 13.4. The number of hydrogen-bond donors (Lipinski definition) is 0. The van der Waals surface area contributed by atoms with Crippen molar-refractivity contribution in [1.29, 1.82) is 0 Å². The number of rotatable bonds is 4. The lowest BCUT2D eigenvalue weighted by Gasteiger charge is -2.26. The van der Waals surface area contributed by atoms with E-state index in [1.807, 2.05) is 37.3 Å². The minimum Gasteiger partial charge on any atom is -0.465 e. The summed E-state index contributed by atoms with van der Waals surface area (Å²) in [6.45, 7) is 3.54. The van der Waals surface area contributed by atoms with Gasteiger partial charge in [-0.05, 0) is 37.6 Å². The molecule has 1 amide bonds. The van der Waals surface area contributed by atoms with Crippen molar-refractivity contribution < 1.29 is 18.7 Å². The molecule has 0 fully saturated rings. The van der Waals surface area contributed by atoms with Crippen LogP contribution in [0.1, 0.15) is 31.0 Å².